The van der Waals surface area contributed by atoms with Crippen molar-refractivity contribution in [3.63, 3.8) is 0 Å². The molecule has 1 aromatic heterocycles. The minimum Gasteiger partial charge on any atom is -0.379 e. The van der Waals surface area contributed by atoms with Crippen LogP contribution >= 0.6 is 0 Å². The van der Waals surface area contributed by atoms with E-state index >= 15 is 0 Å². The molecule has 1 saturated carbocycles. The Morgan fingerprint density at radius 2 is 2.25 bits per heavy atom. The molecule has 0 amide bonds. The minimum atomic E-state index is 0.684. The second-order valence-electron chi connectivity index (χ2n) is 7.08. The Kier molecular flexibility index (Phi) is 6.12. The van der Waals surface area contributed by atoms with Crippen LogP contribution in [0.2, 0.25) is 0 Å². The maximum Gasteiger partial charge on any atom is 0.194 e. The lowest BCUT2D eigenvalue weighted by molar-refractivity contribution is 0.131. The number of guanidine groups is 1. The van der Waals surface area contributed by atoms with Gasteiger partial charge in [-0.05, 0) is 50.0 Å². The van der Waals surface area contributed by atoms with E-state index in [2.05, 4.69) is 28.4 Å². The molecule has 1 aliphatic heterocycles. The molecule has 0 radical (unpaired) electrons. The highest BCUT2D eigenvalue weighted by atomic mass is 16.5. The summed E-state index contributed by atoms with van der Waals surface area (Å²) in [5.74, 6) is 2.56. The van der Waals surface area contributed by atoms with Gasteiger partial charge in [-0.2, -0.15) is 5.10 Å². The van der Waals surface area contributed by atoms with Gasteiger partial charge in [0.1, 0.15) is 0 Å². The molecule has 1 unspecified atom stereocenters. The van der Waals surface area contributed by atoms with Crippen LogP contribution in [0.5, 0.6) is 0 Å². The van der Waals surface area contributed by atoms with E-state index in [1.54, 1.807) is 0 Å². The zero-order chi connectivity index (χ0) is 16.8. The summed E-state index contributed by atoms with van der Waals surface area (Å²) in [6.45, 7) is 7.59. The minimum absolute atomic E-state index is 0.684. The summed E-state index contributed by atoms with van der Waals surface area (Å²) in [6.07, 6.45) is 9.13. The van der Waals surface area contributed by atoms with Gasteiger partial charge in [0.2, 0.25) is 0 Å². The van der Waals surface area contributed by atoms with Crippen LogP contribution in [0.1, 0.15) is 31.7 Å². The van der Waals surface area contributed by atoms with Gasteiger partial charge in [-0.3, -0.25) is 9.67 Å². The number of likely N-dealkylation sites (tertiary alicyclic amines) is 1. The molecular weight excluding hydrogens is 302 g/mol. The Morgan fingerprint density at radius 1 is 1.38 bits per heavy atom. The first-order valence-electron chi connectivity index (χ1n) is 9.33. The molecular formula is C18H31N5O. The van der Waals surface area contributed by atoms with Crippen LogP contribution in [0, 0.1) is 11.8 Å². The molecule has 1 N–H and O–H groups in total. The first kappa shape index (κ1) is 17.3. The molecule has 3 rings (SSSR count). The number of aliphatic imine (C=N–C) groups is 1. The topological polar surface area (TPSA) is 54.7 Å². The first-order chi connectivity index (χ1) is 11.7. The molecule has 2 fully saturated rings. The number of nitrogens with one attached hydrogen (secondary N) is 1. The Hall–Kier alpha value is -1.56. The van der Waals surface area contributed by atoms with Crippen molar-refractivity contribution >= 4 is 5.96 Å². The second-order valence-corrected chi connectivity index (χ2v) is 7.08. The lowest BCUT2D eigenvalue weighted by atomic mass is 10.0. The van der Waals surface area contributed by atoms with Gasteiger partial charge < -0.3 is 15.0 Å². The van der Waals surface area contributed by atoms with Crippen molar-refractivity contribution in [3.05, 3.63) is 18.0 Å². The van der Waals surface area contributed by atoms with Crippen molar-refractivity contribution in [1.82, 2.24) is 20.0 Å². The lowest BCUT2D eigenvalue weighted by Crippen LogP contribution is -2.40. The van der Waals surface area contributed by atoms with Gasteiger partial charge >= 0.3 is 0 Å². The van der Waals surface area contributed by atoms with Crippen molar-refractivity contribution in [2.75, 3.05) is 39.4 Å². The molecule has 1 saturated heterocycles. The Balaban J connectivity index is 1.44. The average molecular weight is 333 g/mol. The molecule has 6 heteroatoms. The van der Waals surface area contributed by atoms with E-state index < -0.39 is 0 Å². The number of rotatable bonds is 8. The summed E-state index contributed by atoms with van der Waals surface area (Å²) in [7, 11) is 1.98. The monoisotopic (exact) mass is 333 g/mol. The Labute approximate surface area is 145 Å². The molecule has 134 valence electrons. The van der Waals surface area contributed by atoms with Gasteiger partial charge in [-0.25, -0.2) is 0 Å². The van der Waals surface area contributed by atoms with E-state index in [9.17, 15) is 0 Å². The summed E-state index contributed by atoms with van der Waals surface area (Å²) in [6, 6.07) is 0. The summed E-state index contributed by atoms with van der Waals surface area (Å²) in [5, 5.41) is 7.70. The maximum absolute atomic E-state index is 5.69. The van der Waals surface area contributed by atoms with Crippen molar-refractivity contribution in [2.45, 2.75) is 32.6 Å². The Bertz CT molecular complexity index is 537. The number of aryl methyl sites for hydroxylation is 1. The third kappa shape index (κ3) is 5.23. The van der Waals surface area contributed by atoms with E-state index in [0.717, 1.165) is 57.7 Å². The number of ether oxygens (including phenoxy) is 1. The van der Waals surface area contributed by atoms with Crippen molar-refractivity contribution in [3.8, 4) is 0 Å². The number of aromatic nitrogens is 2. The predicted molar refractivity (Wildman–Crippen MR) is 96.1 cm³/mol. The summed E-state index contributed by atoms with van der Waals surface area (Å²) >= 11 is 0. The molecule has 24 heavy (non-hydrogen) atoms. The van der Waals surface area contributed by atoms with Gasteiger partial charge in [0.05, 0.1) is 19.3 Å². The molecule has 0 bridgehead atoms. The van der Waals surface area contributed by atoms with Crippen LogP contribution < -0.4 is 5.32 Å². The fourth-order valence-corrected chi connectivity index (χ4v) is 3.28. The van der Waals surface area contributed by atoms with E-state index in [1.807, 2.05) is 17.9 Å². The molecule has 1 atom stereocenters. The van der Waals surface area contributed by atoms with E-state index in [4.69, 9.17) is 9.73 Å². The molecule has 1 aromatic rings. The molecule has 2 aliphatic rings. The largest absolute Gasteiger partial charge is 0.379 e. The third-order valence-corrected chi connectivity index (χ3v) is 4.75. The first-order valence-corrected chi connectivity index (χ1v) is 9.33. The van der Waals surface area contributed by atoms with Crippen LogP contribution in [-0.2, 0) is 18.2 Å². The zero-order valence-corrected chi connectivity index (χ0v) is 15.1. The van der Waals surface area contributed by atoms with Crippen LogP contribution in [0.25, 0.3) is 0 Å². The zero-order valence-electron chi connectivity index (χ0n) is 15.1. The molecule has 6 nitrogen and oxygen atoms in total. The van der Waals surface area contributed by atoms with Crippen molar-refractivity contribution in [2.24, 2.45) is 23.9 Å². The van der Waals surface area contributed by atoms with Gasteiger partial charge in [0.15, 0.2) is 5.96 Å². The van der Waals surface area contributed by atoms with E-state index in [0.29, 0.717) is 5.92 Å². The summed E-state index contributed by atoms with van der Waals surface area (Å²) in [4.78, 5) is 7.14. The smallest absolute Gasteiger partial charge is 0.194 e. The van der Waals surface area contributed by atoms with Crippen LogP contribution in [0.3, 0.4) is 0 Å². The normalized spacial score (nSPS) is 21.5. The second kappa shape index (κ2) is 8.51. The summed E-state index contributed by atoms with van der Waals surface area (Å²) < 4.78 is 7.57. The Morgan fingerprint density at radius 3 is 2.96 bits per heavy atom. The maximum atomic E-state index is 5.69. The lowest BCUT2D eigenvalue weighted by Gasteiger charge is -2.21. The van der Waals surface area contributed by atoms with Gasteiger partial charge in [0, 0.05) is 39.5 Å². The third-order valence-electron chi connectivity index (χ3n) is 4.75. The highest BCUT2D eigenvalue weighted by molar-refractivity contribution is 5.80. The van der Waals surface area contributed by atoms with Gasteiger partial charge in [-0.1, -0.05) is 0 Å². The van der Waals surface area contributed by atoms with Gasteiger partial charge in [-0.15, -0.1) is 0 Å². The van der Waals surface area contributed by atoms with E-state index in [-0.39, 0.29) is 0 Å². The predicted octanol–water partition coefficient (Wildman–Crippen LogP) is 1.68. The standard InChI is InChI=1S/C18H31N5O/c1-3-19-18(20-7-9-24-14-15-4-5-15)23-8-6-16(13-23)10-17-11-21-22(2)12-17/h11-12,15-16H,3-10,13-14H2,1-2H3,(H,19,20). The van der Waals surface area contributed by atoms with Crippen LogP contribution in [0.15, 0.2) is 17.4 Å². The molecule has 2 heterocycles. The summed E-state index contributed by atoms with van der Waals surface area (Å²) in [5.41, 5.74) is 1.33. The highest BCUT2D eigenvalue weighted by Gasteiger charge is 2.25. The molecule has 0 aromatic carbocycles. The number of hydrogen-bond donors (Lipinski definition) is 1. The molecule has 1 aliphatic carbocycles. The van der Waals surface area contributed by atoms with E-state index in [1.165, 1.54) is 24.8 Å². The highest BCUT2D eigenvalue weighted by Crippen LogP contribution is 2.28. The quantitative estimate of drug-likeness (QED) is 0.447. The van der Waals surface area contributed by atoms with Crippen molar-refractivity contribution in [1.29, 1.82) is 0 Å². The van der Waals surface area contributed by atoms with Gasteiger partial charge in [0.25, 0.3) is 0 Å². The van der Waals surface area contributed by atoms with Crippen LogP contribution in [0.4, 0.5) is 0 Å². The SMILES string of the molecule is CCNC(=NCCOCC1CC1)N1CCC(Cc2cnn(C)c2)C1. The number of hydrogen-bond acceptors (Lipinski definition) is 3. The van der Waals surface area contributed by atoms with Crippen molar-refractivity contribution < 1.29 is 4.74 Å². The van der Waals surface area contributed by atoms with Crippen LogP contribution in [-0.4, -0.2) is 60.0 Å². The number of nitrogens with zero attached hydrogens (tertiary/aromatic N) is 4. The average Bonchev–Trinajstić information content (AvgIpc) is 3.13. The fraction of sp³-hybridized carbons (Fsp3) is 0.778. The molecule has 0 spiro atoms. The fourth-order valence-electron chi connectivity index (χ4n) is 3.28.